The van der Waals surface area contributed by atoms with Crippen LogP contribution in [0, 0.1) is 12.7 Å². The smallest absolute Gasteiger partial charge is 0.328 e. The van der Waals surface area contributed by atoms with Gasteiger partial charge in [0.05, 0.1) is 7.11 Å². The number of benzene rings is 2. The van der Waals surface area contributed by atoms with Crippen molar-refractivity contribution in [3.05, 3.63) is 86.1 Å². The molecule has 0 saturated heterocycles. The number of aromatic nitrogens is 1. The molecule has 0 aliphatic heterocycles. The Labute approximate surface area is 213 Å². The molecule has 0 bridgehead atoms. The van der Waals surface area contributed by atoms with E-state index in [4.69, 9.17) is 4.74 Å². The van der Waals surface area contributed by atoms with E-state index in [-0.39, 0.29) is 17.9 Å². The Morgan fingerprint density at radius 1 is 1.05 bits per heavy atom. The lowest BCUT2D eigenvalue weighted by Gasteiger charge is -2.27. The Bertz CT molecular complexity index is 1510. The summed E-state index contributed by atoms with van der Waals surface area (Å²) in [5.41, 5.74) is 1.61. The Morgan fingerprint density at radius 2 is 1.76 bits per heavy atom. The summed E-state index contributed by atoms with van der Waals surface area (Å²) >= 11 is 0. The molecule has 0 spiro atoms. The van der Waals surface area contributed by atoms with Gasteiger partial charge < -0.3 is 20.3 Å². The number of halogens is 1. The number of methoxy groups -OCH3 is 1. The van der Waals surface area contributed by atoms with Gasteiger partial charge in [-0.15, -0.1) is 0 Å². The van der Waals surface area contributed by atoms with Crippen molar-refractivity contribution in [1.82, 2.24) is 4.98 Å². The van der Waals surface area contributed by atoms with Crippen molar-refractivity contribution in [3.63, 3.8) is 0 Å². The Kier molecular flexibility index (Phi) is 7.52. The van der Waals surface area contributed by atoms with E-state index < -0.39 is 22.9 Å². The van der Waals surface area contributed by atoms with Crippen LogP contribution in [0.15, 0.2) is 58.1 Å². The molecule has 9 heteroatoms. The molecule has 4 aromatic rings. The highest BCUT2D eigenvalue weighted by molar-refractivity contribution is 5.93. The van der Waals surface area contributed by atoms with Crippen LogP contribution < -0.4 is 26.4 Å². The fourth-order valence-corrected chi connectivity index (χ4v) is 4.41. The molecule has 1 heterocycles. The third kappa shape index (κ3) is 5.30. The summed E-state index contributed by atoms with van der Waals surface area (Å²) in [6.07, 6.45) is 0.236. The number of ether oxygens (including phenoxy) is 1. The molecule has 192 valence electrons. The number of fused-ring (bicyclic) bond motifs is 1. The summed E-state index contributed by atoms with van der Waals surface area (Å²) in [6.45, 7) is 6.78. The maximum absolute atomic E-state index is 13.9. The number of rotatable bonds is 10. The van der Waals surface area contributed by atoms with E-state index in [0.29, 0.717) is 30.0 Å². The fourth-order valence-electron chi connectivity index (χ4n) is 4.41. The lowest BCUT2D eigenvalue weighted by molar-refractivity contribution is -0.141. The molecule has 1 atom stereocenters. The molecule has 0 radical (unpaired) electrons. The lowest BCUT2D eigenvalue weighted by Crippen LogP contribution is -2.46. The first-order chi connectivity index (χ1) is 17.7. The van der Waals surface area contributed by atoms with Crippen LogP contribution in [0.2, 0.25) is 0 Å². The third-order valence-electron chi connectivity index (χ3n) is 6.35. The molecule has 37 heavy (non-hydrogen) atoms. The molecule has 0 amide bonds. The molecule has 0 aliphatic rings. The molecule has 1 aromatic heterocycles. The van der Waals surface area contributed by atoms with E-state index >= 15 is 0 Å². The zero-order valence-corrected chi connectivity index (χ0v) is 21.2. The summed E-state index contributed by atoms with van der Waals surface area (Å²) in [7, 11) is 1.28. The van der Waals surface area contributed by atoms with Crippen LogP contribution in [-0.4, -0.2) is 37.2 Å². The second-order valence-electron chi connectivity index (χ2n) is 8.78. The number of hydrogen-bond acceptors (Lipinski definition) is 8. The number of nitrogens with one attached hydrogen (secondary N) is 2. The van der Waals surface area contributed by atoms with E-state index in [2.05, 4.69) is 15.6 Å². The number of pyridine rings is 1. The van der Waals surface area contributed by atoms with Gasteiger partial charge >= 0.3 is 5.97 Å². The van der Waals surface area contributed by atoms with Gasteiger partial charge in [-0.1, -0.05) is 18.2 Å². The van der Waals surface area contributed by atoms with E-state index in [0.717, 1.165) is 22.3 Å². The number of anilines is 4. The normalized spacial score (nSPS) is 11.9. The van der Waals surface area contributed by atoms with Gasteiger partial charge in [-0.3, -0.25) is 9.59 Å². The Balaban J connectivity index is 1.54. The maximum atomic E-state index is 13.9. The predicted octanol–water partition coefficient (Wildman–Crippen LogP) is 4.06. The highest BCUT2D eigenvalue weighted by Crippen LogP contribution is 2.27. The minimum atomic E-state index is -0.855. The van der Waals surface area contributed by atoms with E-state index in [1.807, 2.05) is 51.1 Å². The predicted molar refractivity (Wildman–Crippen MR) is 144 cm³/mol. The van der Waals surface area contributed by atoms with Crippen LogP contribution in [0.3, 0.4) is 0 Å². The molecular formula is C28H29FN4O4. The first-order valence-electron chi connectivity index (χ1n) is 12.1. The van der Waals surface area contributed by atoms with Gasteiger partial charge in [0, 0.05) is 36.3 Å². The van der Waals surface area contributed by atoms with Gasteiger partial charge in [0.1, 0.15) is 29.1 Å². The zero-order chi connectivity index (χ0) is 26.7. The lowest BCUT2D eigenvalue weighted by atomic mass is 10.0. The molecule has 0 unspecified atom stereocenters. The monoisotopic (exact) mass is 504 g/mol. The van der Waals surface area contributed by atoms with Crippen molar-refractivity contribution < 1.29 is 13.9 Å². The first-order valence-corrected chi connectivity index (χ1v) is 12.1. The van der Waals surface area contributed by atoms with Crippen LogP contribution in [0.1, 0.15) is 25.1 Å². The highest BCUT2D eigenvalue weighted by atomic mass is 19.1. The fraction of sp³-hybridized carbons (Fsp3) is 0.286. The van der Waals surface area contributed by atoms with Gasteiger partial charge in [-0.2, -0.15) is 0 Å². The largest absolute Gasteiger partial charge is 0.467 e. The van der Waals surface area contributed by atoms with Crippen molar-refractivity contribution in [2.75, 3.05) is 35.7 Å². The van der Waals surface area contributed by atoms with Crippen molar-refractivity contribution in [2.24, 2.45) is 0 Å². The quantitative estimate of drug-likeness (QED) is 0.246. The Hall–Kier alpha value is -4.27. The number of aryl methyl sites for hydroxylation is 1. The maximum Gasteiger partial charge on any atom is 0.328 e. The SMILES string of the molecule is CCN(CC)c1c(N[C@@H](Cc2ccc(Nc3nc(C)cc4ccc(F)cc34)cc2)C(=O)OC)c(=O)c1=O. The summed E-state index contributed by atoms with van der Waals surface area (Å²) in [5, 5.41) is 7.74. The van der Waals surface area contributed by atoms with E-state index in [1.165, 1.54) is 19.2 Å². The van der Waals surface area contributed by atoms with Crippen LogP contribution in [-0.2, 0) is 16.0 Å². The molecular weight excluding hydrogens is 475 g/mol. The van der Waals surface area contributed by atoms with Crippen LogP contribution in [0.5, 0.6) is 0 Å². The van der Waals surface area contributed by atoms with Gasteiger partial charge in [0.2, 0.25) is 0 Å². The summed E-state index contributed by atoms with van der Waals surface area (Å²) < 4.78 is 18.8. The molecule has 0 saturated carbocycles. The molecule has 0 fully saturated rings. The standard InChI is InChI=1S/C28H29FN4O4/c1-5-33(6-2)24-23(25(34)26(24)35)32-22(28(36)37-4)14-17-7-11-20(12-8-17)31-27-21-15-19(29)10-9-18(21)13-16(3)30-27/h7-13,15,22,32H,5-6,14H2,1-4H3,(H,30,31)/t22-/m0/s1. The number of carbonyl (C=O) groups is 1. The van der Waals surface area contributed by atoms with Crippen LogP contribution in [0.25, 0.3) is 10.8 Å². The molecule has 3 aromatic carbocycles. The zero-order valence-electron chi connectivity index (χ0n) is 21.2. The minimum Gasteiger partial charge on any atom is -0.467 e. The van der Waals surface area contributed by atoms with Crippen molar-refractivity contribution in [1.29, 1.82) is 0 Å². The van der Waals surface area contributed by atoms with Gasteiger partial charge in [0.25, 0.3) is 10.9 Å². The van der Waals surface area contributed by atoms with Crippen molar-refractivity contribution in [2.45, 2.75) is 33.2 Å². The number of carbonyl (C=O) groups excluding carboxylic acids is 1. The number of esters is 1. The van der Waals surface area contributed by atoms with Gasteiger partial charge in [0.15, 0.2) is 0 Å². The minimum absolute atomic E-state index is 0.145. The van der Waals surface area contributed by atoms with Crippen LogP contribution in [0.4, 0.5) is 27.3 Å². The summed E-state index contributed by atoms with van der Waals surface area (Å²) in [5.74, 6) is -0.345. The average Bonchev–Trinajstić information content (AvgIpc) is 2.90. The number of nitrogens with zero attached hydrogens (tertiary/aromatic N) is 2. The summed E-state index contributed by atoms with van der Waals surface area (Å²) in [6, 6.07) is 13.0. The summed E-state index contributed by atoms with van der Waals surface area (Å²) in [4.78, 5) is 43.3. The van der Waals surface area contributed by atoms with Gasteiger partial charge in [-0.25, -0.2) is 14.2 Å². The molecule has 8 nitrogen and oxygen atoms in total. The van der Waals surface area contributed by atoms with E-state index in [9.17, 15) is 18.8 Å². The van der Waals surface area contributed by atoms with Crippen molar-refractivity contribution in [3.8, 4) is 0 Å². The first kappa shape index (κ1) is 25.8. The molecule has 4 rings (SSSR count). The van der Waals surface area contributed by atoms with Crippen LogP contribution >= 0.6 is 0 Å². The highest BCUT2D eigenvalue weighted by Gasteiger charge is 2.29. The molecule has 2 N–H and O–H groups in total. The van der Waals surface area contributed by atoms with E-state index in [1.54, 1.807) is 11.0 Å². The van der Waals surface area contributed by atoms with Crippen molar-refractivity contribution >= 4 is 39.6 Å². The number of hydrogen-bond donors (Lipinski definition) is 2. The topological polar surface area (TPSA) is 101 Å². The van der Waals surface area contributed by atoms with Gasteiger partial charge in [-0.05, 0) is 62.1 Å². The Morgan fingerprint density at radius 3 is 2.41 bits per heavy atom. The average molecular weight is 505 g/mol. The molecule has 0 aliphatic carbocycles. The second-order valence-corrected chi connectivity index (χ2v) is 8.78. The third-order valence-corrected chi connectivity index (χ3v) is 6.35. The second kappa shape index (κ2) is 10.8.